The number of hydrogen-bond donors (Lipinski definition) is 2. The summed E-state index contributed by atoms with van der Waals surface area (Å²) >= 11 is 7.98. The third-order valence-electron chi connectivity index (χ3n) is 7.08. The Kier molecular flexibility index (Phi) is 8.26. The van der Waals surface area contributed by atoms with Gasteiger partial charge in [-0.15, -0.1) is 0 Å². The molecule has 1 aliphatic rings. The molecule has 2 N–H and O–H groups in total. The van der Waals surface area contributed by atoms with Gasteiger partial charge in [-0.05, 0) is 60.9 Å². The number of thiazole rings is 1. The smallest absolute Gasteiger partial charge is 0.324 e. The molecule has 0 bridgehead atoms. The van der Waals surface area contributed by atoms with Gasteiger partial charge in [-0.3, -0.25) is 15.0 Å². The van der Waals surface area contributed by atoms with Gasteiger partial charge in [0.25, 0.3) is 0 Å². The van der Waals surface area contributed by atoms with E-state index in [1.54, 1.807) is 21.8 Å². The van der Waals surface area contributed by atoms with Gasteiger partial charge < -0.3 is 10.1 Å². The fourth-order valence-electron chi connectivity index (χ4n) is 4.68. The van der Waals surface area contributed by atoms with Crippen LogP contribution >= 0.6 is 22.9 Å². The van der Waals surface area contributed by atoms with Crippen LogP contribution in [0.15, 0.2) is 67.1 Å². The third-order valence-corrected chi connectivity index (χ3v) is 8.47. The van der Waals surface area contributed by atoms with Crippen LogP contribution in [-0.4, -0.2) is 43.2 Å². The molecule has 0 spiro atoms. The van der Waals surface area contributed by atoms with Gasteiger partial charge in [0.15, 0.2) is 5.13 Å². The number of aromatic nitrogens is 5. The molecular formula is C32H31ClN8O3S. The second-order valence-corrected chi connectivity index (χ2v) is 13.1. The number of halogens is 1. The summed E-state index contributed by atoms with van der Waals surface area (Å²) in [6.07, 6.45) is 6.14. The van der Waals surface area contributed by atoms with Crippen molar-refractivity contribution in [3.8, 4) is 27.9 Å². The van der Waals surface area contributed by atoms with Crippen molar-refractivity contribution in [2.24, 2.45) is 0 Å². The second-order valence-electron chi connectivity index (χ2n) is 11.6. The molecule has 0 atom stereocenters. The lowest BCUT2D eigenvalue weighted by atomic mass is 9.92. The molecule has 11 nitrogen and oxygen atoms in total. The standard InChI is InChI=1S/C32H31ClN8O3S/c1-19-7-12-23(33)24(14-19)41-27(15-26(39-41)32(2,3)4)38-29(43)37-21-16-34-30(35-17-21)44-22-10-8-20(9-11-22)25-18-36-31(45-25)40-13-5-6-28(40)42/h7-12,14-18H,5-6,13H2,1-4H3,(H2,37,38,43). The number of hydrogen-bond acceptors (Lipinski definition) is 8. The van der Waals surface area contributed by atoms with Crippen LogP contribution in [0.3, 0.4) is 0 Å². The van der Waals surface area contributed by atoms with Crippen molar-refractivity contribution >= 4 is 51.5 Å². The van der Waals surface area contributed by atoms with E-state index in [-0.39, 0.29) is 17.3 Å². The van der Waals surface area contributed by atoms with Gasteiger partial charge in [0.05, 0.1) is 39.4 Å². The summed E-state index contributed by atoms with van der Waals surface area (Å²) in [6.45, 7) is 8.83. The van der Waals surface area contributed by atoms with E-state index in [2.05, 4.69) is 25.6 Å². The molecule has 0 aliphatic carbocycles. The minimum absolute atomic E-state index is 0.118. The van der Waals surface area contributed by atoms with E-state index in [0.717, 1.165) is 33.3 Å². The number of carbonyl (C=O) groups excluding carboxylic acids is 2. The van der Waals surface area contributed by atoms with Gasteiger partial charge >= 0.3 is 12.0 Å². The average Bonchev–Trinajstić information content (AvgIpc) is 3.76. The molecule has 5 aromatic rings. The van der Waals surface area contributed by atoms with Crippen molar-refractivity contribution in [2.45, 2.75) is 46.0 Å². The van der Waals surface area contributed by atoms with E-state index < -0.39 is 6.03 Å². The van der Waals surface area contributed by atoms with Crippen molar-refractivity contribution in [3.63, 3.8) is 0 Å². The summed E-state index contributed by atoms with van der Waals surface area (Å²) in [6, 6.07) is 14.6. The topological polar surface area (TPSA) is 127 Å². The summed E-state index contributed by atoms with van der Waals surface area (Å²) in [5.74, 6) is 1.13. The Bertz CT molecular complexity index is 1860. The maximum atomic E-state index is 13.0. The van der Waals surface area contributed by atoms with Crippen molar-refractivity contribution in [1.29, 1.82) is 0 Å². The molecule has 1 fully saturated rings. The monoisotopic (exact) mass is 642 g/mol. The highest BCUT2D eigenvalue weighted by molar-refractivity contribution is 7.19. The van der Waals surface area contributed by atoms with Crippen LogP contribution in [-0.2, 0) is 10.2 Å². The van der Waals surface area contributed by atoms with Crippen LogP contribution in [0.25, 0.3) is 16.1 Å². The Morgan fingerprint density at radius 2 is 1.76 bits per heavy atom. The van der Waals surface area contributed by atoms with Crippen molar-refractivity contribution < 1.29 is 14.3 Å². The maximum Gasteiger partial charge on any atom is 0.324 e. The highest BCUT2D eigenvalue weighted by atomic mass is 35.5. The molecular weight excluding hydrogens is 612 g/mol. The van der Waals surface area contributed by atoms with E-state index in [0.29, 0.717) is 40.9 Å². The summed E-state index contributed by atoms with van der Waals surface area (Å²) in [7, 11) is 0. The molecule has 2 aromatic carbocycles. The first-order chi connectivity index (χ1) is 21.5. The number of rotatable bonds is 7. The van der Waals surface area contributed by atoms with Crippen LogP contribution in [0, 0.1) is 6.92 Å². The Labute approximate surface area is 269 Å². The normalized spacial score (nSPS) is 13.3. The molecule has 1 saturated heterocycles. The first-order valence-electron chi connectivity index (χ1n) is 14.3. The quantitative estimate of drug-likeness (QED) is 0.187. The Morgan fingerprint density at radius 1 is 1.00 bits per heavy atom. The molecule has 0 unspecified atom stereocenters. The van der Waals surface area contributed by atoms with Crippen molar-refractivity contribution in [1.82, 2.24) is 24.7 Å². The predicted molar refractivity (Wildman–Crippen MR) is 176 cm³/mol. The summed E-state index contributed by atoms with van der Waals surface area (Å²) in [5, 5.41) is 11.6. The zero-order valence-corrected chi connectivity index (χ0v) is 26.7. The third kappa shape index (κ3) is 6.81. The number of urea groups is 1. The highest BCUT2D eigenvalue weighted by Crippen LogP contribution is 2.34. The number of anilines is 3. The number of nitrogens with one attached hydrogen (secondary N) is 2. The Hall–Kier alpha value is -4.81. The molecule has 3 aromatic heterocycles. The van der Waals surface area contributed by atoms with Gasteiger partial charge in [-0.1, -0.05) is 49.8 Å². The molecule has 4 heterocycles. The summed E-state index contributed by atoms with van der Waals surface area (Å²) in [4.78, 5) is 40.6. The van der Waals surface area contributed by atoms with Gasteiger partial charge in [0, 0.05) is 30.6 Å². The summed E-state index contributed by atoms with van der Waals surface area (Å²) in [5.41, 5.74) is 3.56. The minimum atomic E-state index is -0.492. The Morgan fingerprint density at radius 3 is 2.44 bits per heavy atom. The average molecular weight is 643 g/mol. The first-order valence-corrected chi connectivity index (χ1v) is 15.5. The molecule has 0 radical (unpaired) electrons. The van der Waals surface area contributed by atoms with E-state index >= 15 is 0 Å². The van der Waals surface area contributed by atoms with E-state index in [1.165, 1.54) is 23.7 Å². The van der Waals surface area contributed by atoms with Crippen molar-refractivity contribution in [3.05, 3.63) is 83.4 Å². The molecule has 13 heteroatoms. The molecule has 0 saturated carbocycles. The van der Waals surface area contributed by atoms with Gasteiger partial charge in [-0.25, -0.2) is 24.4 Å². The fourth-order valence-corrected chi connectivity index (χ4v) is 5.85. The van der Waals surface area contributed by atoms with Crippen molar-refractivity contribution in [2.75, 3.05) is 22.1 Å². The molecule has 6 rings (SSSR count). The Balaban J connectivity index is 1.10. The minimum Gasteiger partial charge on any atom is -0.424 e. The number of benzene rings is 2. The number of aryl methyl sites for hydroxylation is 1. The molecule has 45 heavy (non-hydrogen) atoms. The summed E-state index contributed by atoms with van der Waals surface area (Å²) < 4.78 is 7.44. The van der Waals surface area contributed by atoms with Crippen LogP contribution in [0.2, 0.25) is 5.02 Å². The fraction of sp³-hybridized carbons (Fsp3) is 0.250. The van der Waals surface area contributed by atoms with E-state index in [4.69, 9.17) is 21.4 Å². The van der Waals surface area contributed by atoms with E-state index in [1.807, 2.05) is 70.2 Å². The van der Waals surface area contributed by atoms with Gasteiger partial charge in [0.1, 0.15) is 11.6 Å². The number of amides is 3. The predicted octanol–water partition coefficient (Wildman–Crippen LogP) is 7.61. The lowest BCUT2D eigenvalue weighted by Gasteiger charge is -2.14. The van der Waals surface area contributed by atoms with Crippen LogP contribution in [0.4, 0.5) is 21.4 Å². The maximum absolute atomic E-state index is 13.0. The largest absolute Gasteiger partial charge is 0.424 e. The van der Waals surface area contributed by atoms with Gasteiger partial charge in [-0.2, -0.15) is 5.10 Å². The van der Waals surface area contributed by atoms with Crippen LogP contribution in [0.1, 0.15) is 44.9 Å². The van der Waals surface area contributed by atoms with Crippen LogP contribution in [0.5, 0.6) is 11.8 Å². The SMILES string of the molecule is Cc1ccc(Cl)c(-n2nc(C(C)(C)C)cc2NC(=O)Nc2cnc(Oc3ccc(-c4cnc(N5CCCC5=O)s4)cc3)nc2)c1. The number of carbonyl (C=O) groups is 2. The van der Waals surface area contributed by atoms with Gasteiger partial charge in [0.2, 0.25) is 5.91 Å². The highest BCUT2D eigenvalue weighted by Gasteiger charge is 2.25. The molecule has 3 amide bonds. The number of nitrogens with zero attached hydrogens (tertiary/aromatic N) is 6. The molecule has 1 aliphatic heterocycles. The second kappa shape index (κ2) is 12.3. The lowest BCUT2D eigenvalue weighted by molar-refractivity contribution is -0.117. The van der Waals surface area contributed by atoms with E-state index in [9.17, 15) is 9.59 Å². The molecule has 230 valence electrons. The number of ether oxygens (including phenoxy) is 1. The van der Waals surface area contributed by atoms with Crippen LogP contribution < -0.4 is 20.3 Å². The zero-order chi connectivity index (χ0) is 31.7. The zero-order valence-electron chi connectivity index (χ0n) is 25.2. The lowest BCUT2D eigenvalue weighted by Crippen LogP contribution is -2.23. The first kappa shape index (κ1) is 30.2.